The highest BCUT2D eigenvalue weighted by Gasteiger charge is 2.49. The van der Waals surface area contributed by atoms with E-state index in [1.54, 1.807) is 37.3 Å². The predicted octanol–water partition coefficient (Wildman–Crippen LogP) is 0.538. The molecule has 0 bridgehead atoms. The first kappa shape index (κ1) is 12.1. The molecule has 1 aromatic rings. The molecule has 94 valence electrons. The molecule has 0 aliphatic carbocycles. The van der Waals surface area contributed by atoms with Crippen LogP contribution in [0, 0.1) is 0 Å². The van der Waals surface area contributed by atoms with Crippen LogP contribution >= 0.6 is 0 Å². The fourth-order valence-electron chi connectivity index (χ4n) is 1.94. The fraction of sp³-hybridized carbons (Fsp3) is 0.250. The van der Waals surface area contributed by atoms with Crippen molar-refractivity contribution in [2.75, 3.05) is 6.54 Å². The normalized spacial score (nSPS) is 23.1. The maximum absolute atomic E-state index is 12.2. The minimum Gasteiger partial charge on any atom is -0.480 e. The molecule has 0 aromatic heterocycles. The fourth-order valence-corrected chi connectivity index (χ4v) is 1.94. The monoisotopic (exact) mass is 248 g/mol. The van der Waals surface area contributed by atoms with E-state index in [0.717, 1.165) is 0 Å². The van der Waals surface area contributed by atoms with Gasteiger partial charge in [0.2, 0.25) is 0 Å². The van der Waals surface area contributed by atoms with Crippen molar-refractivity contribution in [1.82, 2.24) is 10.2 Å². The van der Waals surface area contributed by atoms with Crippen LogP contribution in [0.3, 0.4) is 0 Å². The number of amides is 3. The number of carboxylic acids is 1. The number of rotatable bonds is 3. The summed E-state index contributed by atoms with van der Waals surface area (Å²) in [6.45, 7) is 0.928. The summed E-state index contributed by atoms with van der Waals surface area (Å²) in [6.07, 6.45) is 0. The largest absolute Gasteiger partial charge is 0.480 e. The van der Waals surface area contributed by atoms with Gasteiger partial charge in [-0.2, -0.15) is 0 Å². The molecule has 1 saturated heterocycles. The molecule has 1 fully saturated rings. The Kier molecular flexibility index (Phi) is 2.78. The summed E-state index contributed by atoms with van der Waals surface area (Å²) < 4.78 is 0. The van der Waals surface area contributed by atoms with E-state index < -0.39 is 30.0 Å². The van der Waals surface area contributed by atoms with Gasteiger partial charge in [0, 0.05) is 0 Å². The van der Waals surface area contributed by atoms with Crippen molar-refractivity contribution in [1.29, 1.82) is 0 Å². The van der Waals surface area contributed by atoms with Crippen molar-refractivity contribution in [2.45, 2.75) is 12.5 Å². The van der Waals surface area contributed by atoms with Gasteiger partial charge in [-0.05, 0) is 12.5 Å². The molecule has 3 amide bonds. The first-order valence-corrected chi connectivity index (χ1v) is 5.36. The summed E-state index contributed by atoms with van der Waals surface area (Å²) in [5.74, 6) is -1.78. The Morgan fingerprint density at radius 1 is 1.33 bits per heavy atom. The van der Waals surface area contributed by atoms with Gasteiger partial charge >= 0.3 is 12.0 Å². The van der Waals surface area contributed by atoms with Gasteiger partial charge in [-0.25, -0.2) is 4.79 Å². The quantitative estimate of drug-likeness (QED) is 0.764. The van der Waals surface area contributed by atoms with Crippen LogP contribution in [0.15, 0.2) is 30.3 Å². The Labute approximate surface area is 103 Å². The molecule has 2 N–H and O–H groups in total. The third kappa shape index (κ3) is 1.81. The van der Waals surface area contributed by atoms with Gasteiger partial charge < -0.3 is 10.4 Å². The van der Waals surface area contributed by atoms with Crippen LogP contribution in [-0.2, 0) is 15.1 Å². The van der Waals surface area contributed by atoms with Gasteiger partial charge in [-0.15, -0.1) is 0 Å². The number of carbonyl (C=O) groups excluding carboxylic acids is 2. The number of carbonyl (C=O) groups is 3. The summed E-state index contributed by atoms with van der Waals surface area (Å²) in [7, 11) is 0. The van der Waals surface area contributed by atoms with Gasteiger partial charge in [-0.1, -0.05) is 30.3 Å². The second-order valence-corrected chi connectivity index (χ2v) is 4.21. The van der Waals surface area contributed by atoms with Crippen LogP contribution in [0.25, 0.3) is 0 Å². The number of nitrogens with one attached hydrogen (secondary N) is 1. The van der Waals surface area contributed by atoms with Crippen LogP contribution in [0.4, 0.5) is 4.79 Å². The Morgan fingerprint density at radius 3 is 2.50 bits per heavy atom. The van der Waals surface area contributed by atoms with Crippen molar-refractivity contribution in [3.05, 3.63) is 35.9 Å². The van der Waals surface area contributed by atoms with Crippen molar-refractivity contribution in [2.24, 2.45) is 0 Å². The van der Waals surface area contributed by atoms with E-state index >= 15 is 0 Å². The summed E-state index contributed by atoms with van der Waals surface area (Å²) >= 11 is 0. The number of aliphatic carboxylic acids is 1. The Hall–Kier alpha value is -2.37. The lowest BCUT2D eigenvalue weighted by atomic mass is 9.92. The molecule has 0 unspecified atom stereocenters. The first-order chi connectivity index (χ1) is 8.45. The van der Waals surface area contributed by atoms with Gasteiger partial charge in [0.25, 0.3) is 5.91 Å². The molecule has 1 atom stereocenters. The molecule has 1 heterocycles. The molecule has 0 radical (unpaired) electrons. The molecule has 1 aliphatic heterocycles. The number of imide groups is 1. The molecule has 1 aromatic carbocycles. The van der Waals surface area contributed by atoms with E-state index in [0.29, 0.717) is 10.5 Å². The molecule has 2 rings (SSSR count). The highest BCUT2D eigenvalue weighted by atomic mass is 16.4. The van der Waals surface area contributed by atoms with E-state index in [1.165, 1.54) is 0 Å². The average Bonchev–Trinajstić information content (AvgIpc) is 2.55. The predicted molar refractivity (Wildman–Crippen MR) is 61.7 cm³/mol. The molecule has 6 heteroatoms. The molecule has 18 heavy (non-hydrogen) atoms. The van der Waals surface area contributed by atoms with Crippen LogP contribution in [0.1, 0.15) is 12.5 Å². The minimum absolute atomic E-state index is 0.555. The molecule has 1 aliphatic rings. The number of nitrogens with zero attached hydrogens (tertiary/aromatic N) is 1. The van der Waals surface area contributed by atoms with Crippen LogP contribution in [0.2, 0.25) is 0 Å². The second-order valence-electron chi connectivity index (χ2n) is 4.21. The summed E-state index contributed by atoms with van der Waals surface area (Å²) in [5.41, 5.74) is -0.579. The lowest BCUT2D eigenvalue weighted by Gasteiger charge is -2.21. The maximum Gasteiger partial charge on any atom is 0.325 e. The Balaban J connectivity index is 2.35. The van der Waals surface area contributed by atoms with Crippen LogP contribution in [-0.4, -0.2) is 34.5 Å². The van der Waals surface area contributed by atoms with Crippen molar-refractivity contribution in [3.8, 4) is 0 Å². The van der Waals surface area contributed by atoms with Gasteiger partial charge in [0.05, 0.1) is 0 Å². The molecule has 6 nitrogen and oxygen atoms in total. The van der Waals surface area contributed by atoms with Gasteiger partial charge in [-0.3, -0.25) is 14.5 Å². The third-order valence-corrected chi connectivity index (χ3v) is 2.92. The van der Waals surface area contributed by atoms with E-state index in [9.17, 15) is 14.4 Å². The molecular formula is C12H12N2O4. The zero-order chi connectivity index (χ0) is 13.3. The number of urea groups is 1. The van der Waals surface area contributed by atoms with Gasteiger partial charge in [0.15, 0.2) is 0 Å². The zero-order valence-electron chi connectivity index (χ0n) is 9.71. The topological polar surface area (TPSA) is 86.7 Å². The lowest BCUT2D eigenvalue weighted by molar-refractivity contribution is -0.142. The Morgan fingerprint density at radius 2 is 1.94 bits per heavy atom. The molecule has 0 spiro atoms. The van der Waals surface area contributed by atoms with Crippen LogP contribution < -0.4 is 5.32 Å². The van der Waals surface area contributed by atoms with Crippen molar-refractivity contribution < 1.29 is 19.5 Å². The van der Waals surface area contributed by atoms with Crippen LogP contribution in [0.5, 0.6) is 0 Å². The number of carboxylic acid groups (broad SMARTS) is 1. The van der Waals surface area contributed by atoms with Crippen molar-refractivity contribution >= 4 is 17.9 Å². The SMILES string of the molecule is C[C@]1(c2ccccc2)NC(=O)N(CC(=O)O)C1=O. The number of hydrogen-bond donors (Lipinski definition) is 2. The van der Waals surface area contributed by atoms with E-state index in [4.69, 9.17) is 5.11 Å². The van der Waals surface area contributed by atoms with Crippen molar-refractivity contribution in [3.63, 3.8) is 0 Å². The standard InChI is InChI=1S/C12H12N2O4/c1-12(8-5-3-2-4-6-8)10(17)14(7-9(15)16)11(18)13-12/h2-6H,7H2,1H3,(H,13,18)(H,15,16)/t12-/m1/s1. The number of benzene rings is 1. The maximum atomic E-state index is 12.2. The highest BCUT2D eigenvalue weighted by molar-refractivity contribution is 6.08. The summed E-state index contributed by atoms with van der Waals surface area (Å²) in [5, 5.41) is 11.2. The first-order valence-electron chi connectivity index (χ1n) is 5.36. The summed E-state index contributed by atoms with van der Waals surface area (Å²) in [6, 6.07) is 8.03. The lowest BCUT2D eigenvalue weighted by Crippen LogP contribution is -2.41. The summed E-state index contributed by atoms with van der Waals surface area (Å²) in [4.78, 5) is 35.1. The average molecular weight is 248 g/mol. The third-order valence-electron chi connectivity index (χ3n) is 2.92. The highest BCUT2D eigenvalue weighted by Crippen LogP contribution is 2.28. The molecular weight excluding hydrogens is 236 g/mol. The number of hydrogen-bond acceptors (Lipinski definition) is 3. The molecule has 0 saturated carbocycles. The zero-order valence-corrected chi connectivity index (χ0v) is 9.71. The van der Waals surface area contributed by atoms with Gasteiger partial charge in [0.1, 0.15) is 12.1 Å². The minimum atomic E-state index is -1.23. The van der Waals surface area contributed by atoms with E-state index in [1.807, 2.05) is 0 Å². The van der Waals surface area contributed by atoms with E-state index in [-0.39, 0.29) is 0 Å². The smallest absolute Gasteiger partial charge is 0.325 e. The Bertz CT molecular complexity index is 514. The second kappa shape index (κ2) is 4.14. The van der Waals surface area contributed by atoms with E-state index in [2.05, 4.69) is 5.32 Å².